The van der Waals surface area contributed by atoms with Crippen LogP contribution >= 0.6 is 23.2 Å². The molecule has 5 rings (SSSR count). The molecule has 0 unspecified atom stereocenters. The lowest BCUT2D eigenvalue weighted by Crippen LogP contribution is -2.25. The number of aliphatic carboxylic acids is 1. The standard InChI is InChI=1S/C32H27Cl2N3O4/c1-41-26-10-8-22-16-24(7-6-23(22)17-26)30-19-29(27-18-25(33)9-11-28(27)34)36-37(30)15-13-20-2-4-21(5-3-20)32(40)35-14-12-31(38)39/h2-11,16-19H,12-15H2,1H3,(H,35,40)(H,38,39). The minimum absolute atomic E-state index is 0.0826. The van der Waals surface area contributed by atoms with E-state index in [2.05, 4.69) is 23.5 Å². The van der Waals surface area contributed by atoms with Crippen LogP contribution in [0.25, 0.3) is 33.3 Å². The number of carbonyl (C=O) groups excluding carboxylic acids is 1. The molecule has 9 heteroatoms. The number of benzene rings is 4. The van der Waals surface area contributed by atoms with E-state index in [9.17, 15) is 9.59 Å². The normalized spacial score (nSPS) is 11.0. The summed E-state index contributed by atoms with van der Waals surface area (Å²) in [5.41, 5.74) is 4.92. The summed E-state index contributed by atoms with van der Waals surface area (Å²) < 4.78 is 7.33. The first-order valence-corrected chi connectivity index (χ1v) is 13.8. The second-order valence-corrected chi connectivity index (χ2v) is 10.4. The van der Waals surface area contributed by atoms with E-state index in [0.717, 1.165) is 44.6 Å². The molecule has 7 nitrogen and oxygen atoms in total. The average Bonchev–Trinajstić information content (AvgIpc) is 3.40. The number of fused-ring (bicyclic) bond motifs is 1. The molecule has 0 bridgehead atoms. The zero-order valence-corrected chi connectivity index (χ0v) is 23.7. The molecule has 0 saturated heterocycles. The van der Waals surface area contributed by atoms with Gasteiger partial charge in [0.25, 0.3) is 5.91 Å². The second kappa shape index (κ2) is 12.5. The van der Waals surface area contributed by atoms with Gasteiger partial charge >= 0.3 is 5.97 Å². The number of hydrogen-bond acceptors (Lipinski definition) is 4. The van der Waals surface area contributed by atoms with Crippen LogP contribution in [0.1, 0.15) is 22.3 Å². The van der Waals surface area contributed by atoms with Gasteiger partial charge in [0.1, 0.15) is 5.75 Å². The number of aryl methyl sites for hydroxylation is 2. The Morgan fingerprint density at radius 1 is 0.927 bits per heavy atom. The van der Waals surface area contributed by atoms with Gasteiger partial charge in [-0.2, -0.15) is 5.10 Å². The predicted octanol–water partition coefficient (Wildman–Crippen LogP) is 7.13. The first kappa shape index (κ1) is 28.2. The van der Waals surface area contributed by atoms with E-state index in [1.54, 1.807) is 31.4 Å². The summed E-state index contributed by atoms with van der Waals surface area (Å²) in [7, 11) is 1.65. The molecule has 0 aliphatic heterocycles. The number of carbonyl (C=O) groups is 2. The lowest BCUT2D eigenvalue weighted by molar-refractivity contribution is -0.136. The van der Waals surface area contributed by atoms with Crippen LogP contribution in [0.4, 0.5) is 0 Å². The SMILES string of the molecule is COc1ccc2cc(-c3cc(-c4cc(Cl)ccc4Cl)nn3CCc3ccc(C(=O)NCCC(=O)O)cc3)ccc2c1. The molecule has 0 fully saturated rings. The molecule has 2 N–H and O–H groups in total. The molecule has 0 aliphatic rings. The van der Waals surface area contributed by atoms with Crippen molar-refractivity contribution in [2.24, 2.45) is 0 Å². The quantitative estimate of drug-likeness (QED) is 0.181. The fourth-order valence-corrected chi connectivity index (χ4v) is 4.98. The van der Waals surface area contributed by atoms with Crippen LogP contribution in [0.3, 0.4) is 0 Å². The number of methoxy groups -OCH3 is 1. The van der Waals surface area contributed by atoms with Gasteiger partial charge in [-0.1, -0.05) is 53.5 Å². The van der Waals surface area contributed by atoms with Crippen LogP contribution in [0.15, 0.2) is 84.9 Å². The van der Waals surface area contributed by atoms with Gasteiger partial charge in [-0.3, -0.25) is 14.3 Å². The number of nitrogens with one attached hydrogen (secondary N) is 1. The number of halogens is 2. The third-order valence-corrected chi connectivity index (χ3v) is 7.35. The van der Waals surface area contributed by atoms with Gasteiger partial charge < -0.3 is 15.2 Å². The summed E-state index contributed by atoms with van der Waals surface area (Å²) in [5.74, 6) is -0.454. The highest BCUT2D eigenvalue weighted by atomic mass is 35.5. The van der Waals surface area contributed by atoms with E-state index >= 15 is 0 Å². The zero-order chi connectivity index (χ0) is 28.9. The van der Waals surface area contributed by atoms with Crippen molar-refractivity contribution in [1.29, 1.82) is 0 Å². The number of nitrogens with zero attached hydrogens (tertiary/aromatic N) is 2. The number of aromatic nitrogens is 2. The summed E-state index contributed by atoms with van der Waals surface area (Å²) in [6.45, 7) is 0.664. The van der Waals surface area contributed by atoms with Gasteiger partial charge in [0.15, 0.2) is 0 Å². The Morgan fingerprint density at radius 3 is 2.44 bits per heavy atom. The molecule has 1 amide bonds. The van der Waals surface area contributed by atoms with Gasteiger partial charge in [-0.05, 0) is 77.4 Å². The number of amides is 1. The summed E-state index contributed by atoms with van der Waals surface area (Å²) in [6, 6.07) is 26.9. The summed E-state index contributed by atoms with van der Waals surface area (Å²) in [6.07, 6.45) is 0.549. The molecule has 0 spiro atoms. The molecular formula is C32H27Cl2N3O4. The zero-order valence-electron chi connectivity index (χ0n) is 22.2. The summed E-state index contributed by atoms with van der Waals surface area (Å²) in [5, 5.41) is 19.6. The van der Waals surface area contributed by atoms with Crippen molar-refractivity contribution in [2.75, 3.05) is 13.7 Å². The molecule has 41 heavy (non-hydrogen) atoms. The number of ether oxygens (including phenoxy) is 1. The van der Waals surface area contributed by atoms with E-state index in [4.69, 9.17) is 38.1 Å². The van der Waals surface area contributed by atoms with Crippen LogP contribution in [0.2, 0.25) is 10.0 Å². The third kappa shape index (κ3) is 6.70. The molecule has 0 aliphatic carbocycles. The van der Waals surface area contributed by atoms with Crippen molar-refractivity contribution < 1.29 is 19.4 Å². The molecule has 5 aromatic rings. The van der Waals surface area contributed by atoms with E-state index in [-0.39, 0.29) is 18.9 Å². The lowest BCUT2D eigenvalue weighted by atomic mass is 10.0. The van der Waals surface area contributed by atoms with Crippen molar-refractivity contribution >= 4 is 45.9 Å². The Kier molecular flexibility index (Phi) is 8.57. The van der Waals surface area contributed by atoms with Crippen molar-refractivity contribution in [3.8, 4) is 28.3 Å². The second-order valence-electron chi connectivity index (χ2n) is 9.54. The van der Waals surface area contributed by atoms with Gasteiger partial charge in [-0.25, -0.2) is 0 Å². The van der Waals surface area contributed by atoms with Crippen molar-refractivity contribution in [3.63, 3.8) is 0 Å². The van der Waals surface area contributed by atoms with Crippen LogP contribution in [0.5, 0.6) is 5.75 Å². The fraction of sp³-hybridized carbons (Fsp3) is 0.156. The van der Waals surface area contributed by atoms with Gasteiger partial charge in [0, 0.05) is 34.8 Å². The number of hydrogen-bond donors (Lipinski definition) is 2. The summed E-state index contributed by atoms with van der Waals surface area (Å²) in [4.78, 5) is 23.0. The van der Waals surface area contributed by atoms with Crippen LogP contribution in [-0.2, 0) is 17.8 Å². The first-order chi connectivity index (χ1) is 19.8. The molecule has 1 heterocycles. The number of carboxylic acid groups (broad SMARTS) is 1. The topological polar surface area (TPSA) is 93.5 Å². The van der Waals surface area contributed by atoms with Gasteiger partial charge in [0.2, 0.25) is 0 Å². The van der Waals surface area contributed by atoms with Crippen molar-refractivity contribution in [1.82, 2.24) is 15.1 Å². The van der Waals surface area contributed by atoms with E-state index in [0.29, 0.717) is 28.6 Å². The maximum absolute atomic E-state index is 12.3. The predicted molar refractivity (Wildman–Crippen MR) is 162 cm³/mol. The van der Waals surface area contributed by atoms with E-state index in [1.807, 2.05) is 47.1 Å². The van der Waals surface area contributed by atoms with E-state index in [1.165, 1.54) is 0 Å². The van der Waals surface area contributed by atoms with Crippen LogP contribution in [-0.4, -0.2) is 40.4 Å². The minimum Gasteiger partial charge on any atom is -0.497 e. The molecule has 1 aromatic heterocycles. The Hall–Kier alpha value is -4.33. The maximum atomic E-state index is 12.3. The maximum Gasteiger partial charge on any atom is 0.305 e. The number of carboxylic acids is 1. The lowest BCUT2D eigenvalue weighted by Gasteiger charge is -2.10. The van der Waals surface area contributed by atoms with Crippen LogP contribution in [0, 0.1) is 0 Å². The molecular weight excluding hydrogens is 561 g/mol. The Balaban J connectivity index is 1.42. The van der Waals surface area contributed by atoms with Crippen molar-refractivity contribution in [3.05, 3.63) is 106 Å². The molecule has 208 valence electrons. The Labute approximate surface area is 247 Å². The molecule has 0 radical (unpaired) electrons. The minimum atomic E-state index is -0.955. The van der Waals surface area contributed by atoms with E-state index < -0.39 is 5.97 Å². The first-order valence-electron chi connectivity index (χ1n) is 13.0. The Bertz CT molecular complexity index is 1730. The molecule has 0 atom stereocenters. The number of rotatable bonds is 10. The molecule has 0 saturated carbocycles. The monoisotopic (exact) mass is 587 g/mol. The van der Waals surface area contributed by atoms with Crippen molar-refractivity contribution in [2.45, 2.75) is 19.4 Å². The highest BCUT2D eigenvalue weighted by Gasteiger charge is 2.15. The Morgan fingerprint density at radius 2 is 1.68 bits per heavy atom. The average molecular weight is 588 g/mol. The highest BCUT2D eigenvalue weighted by Crippen LogP contribution is 2.34. The smallest absolute Gasteiger partial charge is 0.305 e. The fourth-order valence-electron chi connectivity index (χ4n) is 4.60. The van der Waals surface area contributed by atoms with Gasteiger partial charge in [-0.15, -0.1) is 0 Å². The van der Waals surface area contributed by atoms with Crippen LogP contribution < -0.4 is 10.1 Å². The molecule has 4 aromatic carbocycles. The third-order valence-electron chi connectivity index (χ3n) is 6.78. The summed E-state index contributed by atoms with van der Waals surface area (Å²) >= 11 is 12.8. The highest BCUT2D eigenvalue weighted by molar-refractivity contribution is 6.35. The van der Waals surface area contributed by atoms with Gasteiger partial charge in [0.05, 0.1) is 29.9 Å². The largest absolute Gasteiger partial charge is 0.497 e.